The fraction of sp³-hybridized carbons (Fsp3) is 0.500. The molecule has 1 aromatic rings. The molecule has 0 radical (unpaired) electrons. The summed E-state index contributed by atoms with van der Waals surface area (Å²) in [4.78, 5) is 12.3. The molecule has 0 spiro atoms. The minimum absolute atomic E-state index is 0.0209. The van der Waals surface area contributed by atoms with Gasteiger partial charge in [0.05, 0.1) is 28.2 Å². The Balaban J connectivity index is 2.70. The molecule has 0 aliphatic heterocycles. The van der Waals surface area contributed by atoms with Gasteiger partial charge >= 0.3 is 0 Å². The van der Waals surface area contributed by atoms with E-state index >= 15 is 0 Å². The van der Waals surface area contributed by atoms with Crippen molar-refractivity contribution in [1.29, 1.82) is 0 Å². The van der Waals surface area contributed by atoms with Gasteiger partial charge in [0.15, 0.2) is 0 Å². The quantitative estimate of drug-likeness (QED) is 0.467. The lowest BCUT2D eigenvalue weighted by Gasteiger charge is -2.20. The second-order valence-electron chi connectivity index (χ2n) is 4.26. The standard InChI is InChI=1S/C12H17Cl2N3O4/c13-9-7-11(12(17(20)21)8-10(9)14)15-1-2-16(3-5-18)4-6-19/h7-8,15,18-19H,1-6H2. The van der Waals surface area contributed by atoms with Gasteiger partial charge in [-0.05, 0) is 6.07 Å². The highest BCUT2D eigenvalue weighted by Gasteiger charge is 2.17. The summed E-state index contributed by atoms with van der Waals surface area (Å²) in [6.45, 7) is 1.72. The van der Waals surface area contributed by atoms with Gasteiger partial charge in [-0.25, -0.2) is 0 Å². The summed E-state index contributed by atoms with van der Waals surface area (Å²) in [5, 5.41) is 32.0. The van der Waals surface area contributed by atoms with Gasteiger partial charge < -0.3 is 15.5 Å². The Morgan fingerprint density at radius 2 is 1.71 bits per heavy atom. The molecule has 0 aromatic heterocycles. The second-order valence-corrected chi connectivity index (χ2v) is 5.07. The Kier molecular flexibility index (Phi) is 7.69. The number of halogens is 2. The van der Waals surface area contributed by atoms with E-state index in [1.54, 1.807) is 0 Å². The third-order valence-electron chi connectivity index (χ3n) is 2.81. The molecule has 0 saturated carbocycles. The fourth-order valence-electron chi connectivity index (χ4n) is 1.80. The van der Waals surface area contributed by atoms with Crippen molar-refractivity contribution in [3.8, 4) is 0 Å². The number of benzene rings is 1. The number of nitrogens with zero attached hydrogens (tertiary/aromatic N) is 2. The van der Waals surface area contributed by atoms with E-state index in [1.165, 1.54) is 12.1 Å². The van der Waals surface area contributed by atoms with Gasteiger partial charge in [0.1, 0.15) is 5.69 Å². The van der Waals surface area contributed by atoms with Crippen molar-refractivity contribution in [1.82, 2.24) is 4.90 Å². The lowest BCUT2D eigenvalue weighted by atomic mass is 10.2. The van der Waals surface area contributed by atoms with E-state index in [9.17, 15) is 10.1 Å². The molecule has 0 aliphatic carbocycles. The maximum atomic E-state index is 11.0. The van der Waals surface area contributed by atoms with Crippen LogP contribution in [0.15, 0.2) is 12.1 Å². The van der Waals surface area contributed by atoms with Gasteiger partial charge in [-0.15, -0.1) is 0 Å². The number of nitrogens with one attached hydrogen (secondary N) is 1. The molecule has 0 heterocycles. The van der Waals surface area contributed by atoms with E-state index in [0.717, 1.165) is 0 Å². The van der Waals surface area contributed by atoms with Crippen LogP contribution in [0.3, 0.4) is 0 Å². The van der Waals surface area contributed by atoms with Crippen molar-refractivity contribution in [2.75, 3.05) is 44.7 Å². The van der Waals surface area contributed by atoms with E-state index in [0.29, 0.717) is 26.2 Å². The van der Waals surface area contributed by atoms with Crippen LogP contribution in [0.2, 0.25) is 10.0 Å². The van der Waals surface area contributed by atoms with Gasteiger partial charge in [0.2, 0.25) is 0 Å². The summed E-state index contributed by atoms with van der Waals surface area (Å²) >= 11 is 11.6. The first-order chi connectivity index (χ1) is 9.99. The van der Waals surface area contributed by atoms with Crippen LogP contribution >= 0.6 is 23.2 Å². The lowest BCUT2D eigenvalue weighted by molar-refractivity contribution is -0.383. The van der Waals surface area contributed by atoms with E-state index in [-0.39, 0.29) is 34.6 Å². The molecule has 0 unspecified atom stereocenters. The average Bonchev–Trinajstić information content (AvgIpc) is 2.42. The van der Waals surface area contributed by atoms with Crippen LogP contribution < -0.4 is 5.32 Å². The van der Waals surface area contributed by atoms with E-state index in [4.69, 9.17) is 33.4 Å². The monoisotopic (exact) mass is 337 g/mol. The SMILES string of the molecule is O=[N+]([O-])c1cc(Cl)c(Cl)cc1NCCN(CCO)CCO. The van der Waals surface area contributed by atoms with Crippen molar-refractivity contribution >= 4 is 34.6 Å². The summed E-state index contributed by atoms with van der Waals surface area (Å²) in [6, 6.07) is 2.61. The summed E-state index contributed by atoms with van der Waals surface area (Å²) < 4.78 is 0. The highest BCUT2D eigenvalue weighted by atomic mass is 35.5. The molecule has 0 bridgehead atoms. The molecule has 7 nitrogen and oxygen atoms in total. The molecule has 0 saturated heterocycles. The zero-order chi connectivity index (χ0) is 15.8. The smallest absolute Gasteiger partial charge is 0.293 e. The summed E-state index contributed by atoms with van der Waals surface area (Å²) in [6.07, 6.45) is 0. The number of nitro groups is 1. The Morgan fingerprint density at radius 3 is 2.24 bits per heavy atom. The largest absolute Gasteiger partial charge is 0.395 e. The van der Waals surface area contributed by atoms with Crippen molar-refractivity contribution in [2.24, 2.45) is 0 Å². The molecule has 21 heavy (non-hydrogen) atoms. The average molecular weight is 338 g/mol. The van der Waals surface area contributed by atoms with Gasteiger partial charge in [-0.3, -0.25) is 15.0 Å². The minimum Gasteiger partial charge on any atom is -0.395 e. The zero-order valence-electron chi connectivity index (χ0n) is 11.3. The molecular weight excluding hydrogens is 321 g/mol. The van der Waals surface area contributed by atoms with Crippen LogP contribution in [-0.4, -0.2) is 59.4 Å². The molecule has 1 rings (SSSR count). The van der Waals surface area contributed by atoms with Gasteiger partial charge in [0, 0.05) is 32.2 Å². The number of aliphatic hydroxyl groups is 2. The first kappa shape index (κ1) is 17.9. The fourth-order valence-corrected chi connectivity index (χ4v) is 2.12. The zero-order valence-corrected chi connectivity index (χ0v) is 12.8. The predicted octanol–water partition coefficient (Wildman–Crippen LogP) is 1.60. The highest BCUT2D eigenvalue weighted by molar-refractivity contribution is 6.42. The van der Waals surface area contributed by atoms with Crippen molar-refractivity contribution in [2.45, 2.75) is 0 Å². The lowest BCUT2D eigenvalue weighted by Crippen LogP contribution is -2.34. The molecule has 0 amide bonds. The topological polar surface area (TPSA) is 98.9 Å². The molecular formula is C12H17Cl2N3O4. The number of rotatable bonds is 9. The number of hydrogen-bond acceptors (Lipinski definition) is 6. The third kappa shape index (κ3) is 5.64. The number of nitro benzene ring substituents is 1. The van der Waals surface area contributed by atoms with Crippen LogP contribution in [0.4, 0.5) is 11.4 Å². The molecule has 0 fully saturated rings. The van der Waals surface area contributed by atoms with Crippen LogP contribution in [0, 0.1) is 10.1 Å². The van der Waals surface area contributed by atoms with Crippen molar-refractivity contribution < 1.29 is 15.1 Å². The molecule has 0 aliphatic rings. The second kappa shape index (κ2) is 9.01. The van der Waals surface area contributed by atoms with Gasteiger partial charge in [-0.1, -0.05) is 23.2 Å². The Hall–Kier alpha value is -1.12. The Morgan fingerprint density at radius 1 is 1.14 bits per heavy atom. The minimum atomic E-state index is -0.538. The predicted molar refractivity (Wildman–Crippen MR) is 82.2 cm³/mol. The summed E-state index contributed by atoms with van der Waals surface area (Å²) in [7, 11) is 0. The maximum Gasteiger partial charge on any atom is 0.293 e. The first-order valence-corrected chi connectivity index (χ1v) is 7.06. The van der Waals surface area contributed by atoms with Crippen molar-refractivity contribution in [3.63, 3.8) is 0 Å². The van der Waals surface area contributed by atoms with Crippen LogP contribution in [0.25, 0.3) is 0 Å². The number of hydrogen-bond donors (Lipinski definition) is 3. The normalized spacial score (nSPS) is 10.9. The maximum absolute atomic E-state index is 11.0. The highest BCUT2D eigenvalue weighted by Crippen LogP contribution is 2.33. The van der Waals surface area contributed by atoms with Crippen LogP contribution in [0.1, 0.15) is 0 Å². The van der Waals surface area contributed by atoms with E-state index in [1.807, 2.05) is 4.90 Å². The number of anilines is 1. The molecule has 3 N–H and O–H groups in total. The van der Waals surface area contributed by atoms with Crippen LogP contribution in [-0.2, 0) is 0 Å². The molecule has 1 aromatic carbocycles. The Labute approximate surface area is 132 Å². The van der Waals surface area contributed by atoms with Gasteiger partial charge in [0.25, 0.3) is 5.69 Å². The summed E-state index contributed by atoms with van der Waals surface area (Å²) in [5.74, 6) is 0. The van der Waals surface area contributed by atoms with Crippen molar-refractivity contribution in [3.05, 3.63) is 32.3 Å². The summed E-state index contributed by atoms with van der Waals surface area (Å²) in [5.41, 5.74) is 0.127. The van der Waals surface area contributed by atoms with Gasteiger partial charge in [-0.2, -0.15) is 0 Å². The Bertz CT molecular complexity index is 482. The molecule has 0 atom stereocenters. The third-order valence-corrected chi connectivity index (χ3v) is 3.53. The molecule has 9 heteroatoms. The van der Waals surface area contributed by atoms with E-state index in [2.05, 4.69) is 5.32 Å². The van der Waals surface area contributed by atoms with Crippen LogP contribution in [0.5, 0.6) is 0 Å². The first-order valence-electron chi connectivity index (χ1n) is 6.31. The molecule has 118 valence electrons. The van der Waals surface area contributed by atoms with E-state index < -0.39 is 4.92 Å². The number of aliphatic hydroxyl groups excluding tert-OH is 2.